The highest BCUT2D eigenvalue weighted by molar-refractivity contribution is 5.92. The van der Waals surface area contributed by atoms with E-state index in [4.69, 9.17) is 14.2 Å². The lowest BCUT2D eigenvalue weighted by molar-refractivity contribution is -0.133. The summed E-state index contributed by atoms with van der Waals surface area (Å²) in [5.41, 5.74) is 2.46. The Morgan fingerprint density at radius 1 is 1.07 bits per heavy atom. The van der Waals surface area contributed by atoms with Crippen molar-refractivity contribution in [3.63, 3.8) is 0 Å². The highest BCUT2D eigenvalue weighted by atomic mass is 16.5. The van der Waals surface area contributed by atoms with Crippen molar-refractivity contribution in [2.24, 2.45) is 0 Å². The molecule has 2 rings (SSSR count). The van der Waals surface area contributed by atoms with Gasteiger partial charge in [-0.3, -0.25) is 4.79 Å². The van der Waals surface area contributed by atoms with Gasteiger partial charge < -0.3 is 19.1 Å². The smallest absolute Gasteiger partial charge is 0.338 e. The van der Waals surface area contributed by atoms with Crippen molar-refractivity contribution in [2.45, 2.75) is 20.4 Å². The van der Waals surface area contributed by atoms with E-state index >= 15 is 0 Å². The molecule has 0 saturated heterocycles. The third kappa shape index (κ3) is 5.48. The molecule has 0 spiro atoms. The maximum absolute atomic E-state index is 12.3. The fourth-order valence-corrected chi connectivity index (χ4v) is 2.52. The molecule has 6 heteroatoms. The monoisotopic (exact) mass is 371 g/mol. The normalized spacial score (nSPS) is 10.2. The van der Waals surface area contributed by atoms with Gasteiger partial charge in [0.05, 0.1) is 19.3 Å². The first-order valence-electron chi connectivity index (χ1n) is 8.72. The van der Waals surface area contributed by atoms with E-state index in [1.807, 2.05) is 38.1 Å². The molecule has 0 unspecified atom stereocenters. The van der Waals surface area contributed by atoms with Gasteiger partial charge in [0, 0.05) is 13.6 Å². The molecule has 0 aromatic heterocycles. The van der Waals surface area contributed by atoms with Gasteiger partial charge in [-0.05, 0) is 43.2 Å². The fourth-order valence-electron chi connectivity index (χ4n) is 2.52. The van der Waals surface area contributed by atoms with Crippen molar-refractivity contribution in [3.8, 4) is 11.5 Å². The zero-order valence-corrected chi connectivity index (χ0v) is 16.2. The van der Waals surface area contributed by atoms with Crippen LogP contribution in [0.25, 0.3) is 0 Å². The van der Waals surface area contributed by atoms with Gasteiger partial charge in [-0.15, -0.1) is 0 Å². The van der Waals surface area contributed by atoms with Crippen molar-refractivity contribution < 1.29 is 23.8 Å². The van der Waals surface area contributed by atoms with Gasteiger partial charge in [-0.1, -0.05) is 24.3 Å². The van der Waals surface area contributed by atoms with Crippen molar-refractivity contribution in [2.75, 3.05) is 27.4 Å². The number of nitrogens with zero attached hydrogens (tertiary/aromatic N) is 1. The standard InChI is InChI=1S/C21H25NO5/c1-5-26-19-12-16(10-11-18(19)25-4)21(24)27-14-20(23)22(3)13-17-9-7-6-8-15(17)2/h6-12H,5,13-14H2,1-4H3. The van der Waals surface area contributed by atoms with Crippen LogP contribution in [0.4, 0.5) is 0 Å². The van der Waals surface area contributed by atoms with Crippen molar-refractivity contribution in [1.29, 1.82) is 0 Å². The van der Waals surface area contributed by atoms with Gasteiger partial charge in [0.15, 0.2) is 18.1 Å². The van der Waals surface area contributed by atoms with Gasteiger partial charge in [0.1, 0.15) is 0 Å². The minimum atomic E-state index is -0.587. The van der Waals surface area contributed by atoms with Crippen LogP contribution in [-0.2, 0) is 16.1 Å². The first-order chi connectivity index (χ1) is 13.0. The SMILES string of the molecule is CCOc1cc(C(=O)OCC(=O)N(C)Cc2ccccc2C)ccc1OC. The molecule has 0 heterocycles. The van der Waals surface area contributed by atoms with Crippen LogP contribution in [0.5, 0.6) is 11.5 Å². The summed E-state index contributed by atoms with van der Waals surface area (Å²) < 4.78 is 15.8. The highest BCUT2D eigenvalue weighted by Crippen LogP contribution is 2.28. The highest BCUT2D eigenvalue weighted by Gasteiger charge is 2.16. The van der Waals surface area contributed by atoms with Crippen molar-refractivity contribution in [1.82, 2.24) is 4.90 Å². The molecule has 0 aliphatic rings. The molecular formula is C21H25NO5. The second-order valence-electron chi connectivity index (χ2n) is 6.05. The molecule has 1 amide bonds. The van der Waals surface area contributed by atoms with E-state index in [0.29, 0.717) is 30.2 Å². The molecule has 27 heavy (non-hydrogen) atoms. The number of amides is 1. The Morgan fingerprint density at radius 3 is 2.48 bits per heavy atom. The zero-order valence-electron chi connectivity index (χ0n) is 16.2. The number of benzene rings is 2. The first kappa shape index (κ1) is 20.3. The summed E-state index contributed by atoms with van der Waals surface area (Å²) >= 11 is 0. The molecule has 2 aromatic rings. The van der Waals surface area contributed by atoms with Crippen LogP contribution in [0.3, 0.4) is 0 Å². The molecule has 0 fully saturated rings. The zero-order chi connectivity index (χ0) is 19.8. The number of rotatable bonds is 8. The minimum absolute atomic E-state index is 0.273. The molecule has 0 bridgehead atoms. The van der Waals surface area contributed by atoms with Gasteiger partial charge >= 0.3 is 5.97 Å². The van der Waals surface area contributed by atoms with E-state index in [0.717, 1.165) is 11.1 Å². The maximum Gasteiger partial charge on any atom is 0.338 e. The number of hydrogen-bond acceptors (Lipinski definition) is 5. The summed E-state index contributed by atoms with van der Waals surface area (Å²) in [6, 6.07) is 12.6. The molecule has 6 nitrogen and oxygen atoms in total. The molecule has 0 radical (unpaired) electrons. The molecule has 0 aliphatic carbocycles. The second kappa shape index (κ2) is 9.62. The quantitative estimate of drug-likeness (QED) is 0.667. The Balaban J connectivity index is 1.95. The molecule has 0 atom stereocenters. The van der Waals surface area contributed by atoms with Crippen LogP contribution in [0.2, 0.25) is 0 Å². The summed E-state index contributed by atoms with van der Waals surface area (Å²) in [5.74, 6) is 0.126. The Bertz CT molecular complexity index is 803. The molecule has 0 saturated carbocycles. The average molecular weight is 371 g/mol. The lowest BCUT2D eigenvalue weighted by atomic mass is 10.1. The number of esters is 1. The van der Waals surface area contributed by atoms with Gasteiger partial charge in [-0.25, -0.2) is 4.79 Å². The number of carbonyl (C=O) groups is 2. The van der Waals surface area contributed by atoms with Crippen molar-refractivity contribution >= 4 is 11.9 Å². The molecular weight excluding hydrogens is 346 g/mol. The van der Waals surface area contributed by atoms with Crippen LogP contribution < -0.4 is 9.47 Å². The molecule has 0 aliphatic heterocycles. The third-order valence-electron chi connectivity index (χ3n) is 4.12. The molecule has 0 N–H and O–H groups in total. The maximum atomic E-state index is 12.3. The minimum Gasteiger partial charge on any atom is -0.493 e. The van der Waals surface area contributed by atoms with E-state index in [1.54, 1.807) is 25.2 Å². The fraction of sp³-hybridized carbons (Fsp3) is 0.333. The van der Waals surface area contributed by atoms with E-state index in [9.17, 15) is 9.59 Å². The second-order valence-corrected chi connectivity index (χ2v) is 6.05. The van der Waals surface area contributed by atoms with Crippen LogP contribution in [0.15, 0.2) is 42.5 Å². The van der Waals surface area contributed by atoms with Crippen LogP contribution >= 0.6 is 0 Å². The predicted molar refractivity (Wildman–Crippen MR) is 102 cm³/mol. The molecule has 144 valence electrons. The van der Waals surface area contributed by atoms with E-state index in [1.165, 1.54) is 12.0 Å². The van der Waals surface area contributed by atoms with Crippen LogP contribution in [-0.4, -0.2) is 44.1 Å². The van der Waals surface area contributed by atoms with Crippen LogP contribution in [0.1, 0.15) is 28.4 Å². The Labute approximate surface area is 159 Å². The number of carbonyl (C=O) groups excluding carboxylic acids is 2. The number of ether oxygens (including phenoxy) is 3. The number of likely N-dealkylation sites (N-methyl/N-ethyl adjacent to an activating group) is 1. The Hall–Kier alpha value is -3.02. The van der Waals surface area contributed by atoms with E-state index in [-0.39, 0.29) is 12.5 Å². The van der Waals surface area contributed by atoms with Crippen LogP contribution in [0, 0.1) is 6.92 Å². The lowest BCUT2D eigenvalue weighted by Crippen LogP contribution is -2.31. The summed E-state index contributed by atoms with van der Waals surface area (Å²) in [5, 5.41) is 0. The lowest BCUT2D eigenvalue weighted by Gasteiger charge is -2.18. The van der Waals surface area contributed by atoms with Gasteiger partial charge in [0.25, 0.3) is 5.91 Å². The van der Waals surface area contributed by atoms with Gasteiger partial charge in [0.2, 0.25) is 0 Å². The largest absolute Gasteiger partial charge is 0.493 e. The topological polar surface area (TPSA) is 65.1 Å². The number of hydrogen-bond donors (Lipinski definition) is 0. The number of aryl methyl sites for hydroxylation is 1. The van der Waals surface area contributed by atoms with Crippen molar-refractivity contribution in [3.05, 3.63) is 59.2 Å². The predicted octanol–water partition coefficient (Wildman–Crippen LogP) is 3.22. The molecule has 2 aromatic carbocycles. The Morgan fingerprint density at radius 2 is 1.81 bits per heavy atom. The van der Waals surface area contributed by atoms with E-state index in [2.05, 4.69) is 0 Å². The average Bonchev–Trinajstić information content (AvgIpc) is 2.67. The summed E-state index contributed by atoms with van der Waals surface area (Å²) in [4.78, 5) is 26.1. The summed E-state index contributed by atoms with van der Waals surface area (Å²) in [6.45, 7) is 4.41. The summed E-state index contributed by atoms with van der Waals surface area (Å²) in [6.07, 6.45) is 0. The third-order valence-corrected chi connectivity index (χ3v) is 4.12. The number of methoxy groups -OCH3 is 1. The van der Waals surface area contributed by atoms with Gasteiger partial charge in [-0.2, -0.15) is 0 Å². The Kier molecular flexibility index (Phi) is 7.23. The summed E-state index contributed by atoms with van der Waals surface area (Å²) in [7, 11) is 3.21. The van der Waals surface area contributed by atoms with E-state index < -0.39 is 5.97 Å². The first-order valence-corrected chi connectivity index (χ1v) is 8.72.